The third kappa shape index (κ3) is 3.15. The summed E-state index contributed by atoms with van der Waals surface area (Å²) in [6, 6.07) is 7.81. The lowest BCUT2D eigenvalue weighted by atomic mass is 10.2. The second-order valence-electron chi connectivity index (χ2n) is 4.63. The van der Waals surface area contributed by atoms with Crippen molar-refractivity contribution in [2.75, 3.05) is 6.54 Å². The predicted molar refractivity (Wildman–Crippen MR) is 79.8 cm³/mol. The van der Waals surface area contributed by atoms with Crippen LogP contribution >= 0.6 is 11.6 Å². The van der Waals surface area contributed by atoms with Crippen LogP contribution < -0.4 is 5.32 Å². The van der Waals surface area contributed by atoms with Crippen LogP contribution in [0, 0.1) is 0 Å². The summed E-state index contributed by atoms with van der Waals surface area (Å²) in [5.74, 6) is 0. The van der Waals surface area contributed by atoms with Crippen LogP contribution in [-0.2, 0) is 13.0 Å². The first kappa shape index (κ1) is 13.1. The van der Waals surface area contributed by atoms with Gasteiger partial charge in [0.15, 0.2) is 0 Å². The Morgan fingerprint density at radius 1 is 1.20 bits per heavy atom. The van der Waals surface area contributed by atoms with Gasteiger partial charge in [0, 0.05) is 31.3 Å². The molecule has 3 heterocycles. The molecule has 102 valence electrons. The van der Waals surface area contributed by atoms with Gasteiger partial charge >= 0.3 is 0 Å². The average Bonchev–Trinajstić information content (AvgIpc) is 2.86. The first-order valence-corrected chi connectivity index (χ1v) is 6.92. The molecule has 0 atom stereocenters. The molecular weight excluding hydrogens is 272 g/mol. The molecule has 3 aromatic rings. The summed E-state index contributed by atoms with van der Waals surface area (Å²) in [5.41, 5.74) is 3.17. The molecule has 20 heavy (non-hydrogen) atoms. The van der Waals surface area contributed by atoms with Crippen LogP contribution in [0.4, 0.5) is 0 Å². The van der Waals surface area contributed by atoms with Crippen molar-refractivity contribution in [2.45, 2.75) is 13.0 Å². The molecule has 0 aliphatic carbocycles. The number of nitrogens with one attached hydrogen (secondary N) is 1. The molecule has 5 heteroatoms. The fourth-order valence-electron chi connectivity index (χ4n) is 2.10. The summed E-state index contributed by atoms with van der Waals surface area (Å²) < 4.78 is 1.94. The van der Waals surface area contributed by atoms with Crippen molar-refractivity contribution in [2.24, 2.45) is 0 Å². The van der Waals surface area contributed by atoms with Crippen LogP contribution in [0.5, 0.6) is 0 Å². The predicted octanol–water partition coefficient (Wildman–Crippen LogP) is 2.72. The molecule has 0 fully saturated rings. The van der Waals surface area contributed by atoms with Crippen molar-refractivity contribution < 1.29 is 0 Å². The standard InChI is InChI=1S/C15H15ClN4/c16-13-3-4-15-19-14(11-20(15)10-13)9-18-7-5-12-2-1-6-17-8-12/h1-4,6,8,10-11,18H,5,7,9H2. The van der Waals surface area contributed by atoms with E-state index < -0.39 is 0 Å². The van der Waals surface area contributed by atoms with Gasteiger partial charge in [-0.25, -0.2) is 4.98 Å². The lowest BCUT2D eigenvalue weighted by Gasteiger charge is -2.02. The maximum Gasteiger partial charge on any atom is 0.137 e. The Morgan fingerprint density at radius 3 is 3.00 bits per heavy atom. The van der Waals surface area contributed by atoms with Crippen LogP contribution in [0.15, 0.2) is 49.1 Å². The highest BCUT2D eigenvalue weighted by Gasteiger charge is 2.01. The molecule has 0 unspecified atom stereocenters. The van der Waals surface area contributed by atoms with Gasteiger partial charge in [-0.3, -0.25) is 4.98 Å². The van der Waals surface area contributed by atoms with E-state index >= 15 is 0 Å². The molecule has 0 saturated heterocycles. The van der Waals surface area contributed by atoms with Crippen LogP contribution in [0.2, 0.25) is 5.02 Å². The van der Waals surface area contributed by atoms with Crippen molar-refractivity contribution in [1.82, 2.24) is 19.7 Å². The number of aromatic nitrogens is 3. The lowest BCUT2D eigenvalue weighted by molar-refractivity contribution is 0.676. The van der Waals surface area contributed by atoms with E-state index in [0.717, 1.165) is 30.9 Å². The number of pyridine rings is 2. The lowest BCUT2D eigenvalue weighted by Crippen LogP contribution is -2.16. The Labute approximate surface area is 122 Å². The number of rotatable bonds is 5. The second kappa shape index (κ2) is 6.03. The molecule has 0 spiro atoms. The maximum atomic E-state index is 5.95. The van der Waals surface area contributed by atoms with Crippen molar-refractivity contribution in [3.8, 4) is 0 Å². The van der Waals surface area contributed by atoms with E-state index in [9.17, 15) is 0 Å². The fourth-order valence-corrected chi connectivity index (χ4v) is 2.27. The van der Waals surface area contributed by atoms with Crippen molar-refractivity contribution in [1.29, 1.82) is 0 Å². The van der Waals surface area contributed by atoms with E-state index in [-0.39, 0.29) is 0 Å². The normalized spacial score (nSPS) is 11.1. The molecule has 0 saturated carbocycles. The first-order chi connectivity index (χ1) is 9.81. The molecular formula is C15H15ClN4. The molecule has 0 aromatic carbocycles. The van der Waals surface area contributed by atoms with Crippen molar-refractivity contribution in [3.63, 3.8) is 0 Å². The molecule has 4 nitrogen and oxygen atoms in total. The number of hydrogen-bond donors (Lipinski definition) is 1. The zero-order valence-electron chi connectivity index (χ0n) is 11.0. The van der Waals surface area contributed by atoms with Gasteiger partial charge in [-0.05, 0) is 36.7 Å². The summed E-state index contributed by atoms with van der Waals surface area (Å²) in [7, 11) is 0. The monoisotopic (exact) mass is 286 g/mol. The Hall–Kier alpha value is -1.91. The van der Waals surface area contributed by atoms with Gasteiger partial charge in [0.1, 0.15) is 5.65 Å². The Morgan fingerprint density at radius 2 is 2.15 bits per heavy atom. The summed E-state index contributed by atoms with van der Waals surface area (Å²) in [6.45, 7) is 1.65. The minimum Gasteiger partial charge on any atom is -0.311 e. The van der Waals surface area contributed by atoms with Crippen LogP contribution in [-0.4, -0.2) is 20.9 Å². The fraction of sp³-hybridized carbons (Fsp3) is 0.200. The zero-order chi connectivity index (χ0) is 13.8. The minimum absolute atomic E-state index is 0.714. The summed E-state index contributed by atoms with van der Waals surface area (Å²) in [4.78, 5) is 8.63. The van der Waals surface area contributed by atoms with E-state index in [1.807, 2.05) is 41.2 Å². The maximum absolute atomic E-state index is 5.95. The van der Waals surface area contributed by atoms with E-state index in [1.54, 1.807) is 6.20 Å². The van der Waals surface area contributed by atoms with Gasteiger partial charge in [0.05, 0.1) is 10.7 Å². The number of hydrogen-bond acceptors (Lipinski definition) is 3. The van der Waals surface area contributed by atoms with Gasteiger partial charge in [0.25, 0.3) is 0 Å². The minimum atomic E-state index is 0.714. The van der Waals surface area contributed by atoms with Crippen molar-refractivity contribution >= 4 is 17.2 Å². The average molecular weight is 287 g/mol. The highest BCUT2D eigenvalue weighted by atomic mass is 35.5. The molecule has 0 radical (unpaired) electrons. The Bertz CT molecular complexity index is 693. The first-order valence-electron chi connectivity index (χ1n) is 6.54. The smallest absolute Gasteiger partial charge is 0.137 e. The third-order valence-electron chi connectivity index (χ3n) is 3.08. The summed E-state index contributed by atoms with van der Waals surface area (Å²) in [5, 5.41) is 4.10. The number of imidazole rings is 1. The van der Waals surface area contributed by atoms with Gasteiger partial charge in [-0.2, -0.15) is 0 Å². The highest BCUT2D eigenvalue weighted by Crippen LogP contribution is 2.11. The number of nitrogens with zero attached hydrogens (tertiary/aromatic N) is 3. The van der Waals surface area contributed by atoms with E-state index in [4.69, 9.17) is 11.6 Å². The largest absolute Gasteiger partial charge is 0.311 e. The summed E-state index contributed by atoms with van der Waals surface area (Å²) in [6.07, 6.45) is 8.52. The molecule has 3 rings (SSSR count). The van der Waals surface area contributed by atoms with Gasteiger partial charge < -0.3 is 9.72 Å². The van der Waals surface area contributed by atoms with E-state index in [1.165, 1.54) is 5.56 Å². The van der Waals surface area contributed by atoms with Gasteiger partial charge in [0.2, 0.25) is 0 Å². The molecule has 0 amide bonds. The summed E-state index contributed by atoms with van der Waals surface area (Å²) >= 11 is 5.95. The number of halogens is 1. The Kier molecular flexibility index (Phi) is 3.95. The molecule has 3 aromatic heterocycles. The van der Waals surface area contributed by atoms with Gasteiger partial charge in [-0.15, -0.1) is 0 Å². The molecule has 1 N–H and O–H groups in total. The number of fused-ring (bicyclic) bond motifs is 1. The molecule has 0 bridgehead atoms. The van der Waals surface area contributed by atoms with Gasteiger partial charge in [-0.1, -0.05) is 17.7 Å². The molecule has 0 aliphatic heterocycles. The SMILES string of the molecule is Clc1ccc2nc(CNCCc3cccnc3)cn2c1. The Balaban J connectivity index is 1.55. The topological polar surface area (TPSA) is 42.2 Å². The van der Waals surface area contributed by atoms with E-state index in [0.29, 0.717) is 5.02 Å². The van der Waals surface area contributed by atoms with Crippen LogP contribution in [0.3, 0.4) is 0 Å². The third-order valence-corrected chi connectivity index (χ3v) is 3.31. The van der Waals surface area contributed by atoms with E-state index in [2.05, 4.69) is 21.4 Å². The quantitative estimate of drug-likeness (QED) is 0.733. The van der Waals surface area contributed by atoms with Crippen LogP contribution in [0.1, 0.15) is 11.3 Å². The van der Waals surface area contributed by atoms with Crippen molar-refractivity contribution in [3.05, 3.63) is 65.3 Å². The second-order valence-corrected chi connectivity index (χ2v) is 5.07. The highest BCUT2D eigenvalue weighted by molar-refractivity contribution is 6.30. The molecule has 0 aliphatic rings. The zero-order valence-corrected chi connectivity index (χ0v) is 11.7. The van der Waals surface area contributed by atoms with Crippen LogP contribution in [0.25, 0.3) is 5.65 Å².